The van der Waals surface area contributed by atoms with Crippen LogP contribution in [0.4, 0.5) is 0 Å². The minimum atomic E-state index is -0.367. The van der Waals surface area contributed by atoms with Gasteiger partial charge in [-0.05, 0) is 36.8 Å². The number of benzene rings is 3. The zero-order valence-corrected chi connectivity index (χ0v) is 18.4. The van der Waals surface area contributed by atoms with Crippen molar-refractivity contribution in [3.63, 3.8) is 0 Å². The summed E-state index contributed by atoms with van der Waals surface area (Å²) >= 11 is 6.33. The van der Waals surface area contributed by atoms with Crippen molar-refractivity contribution in [1.82, 2.24) is 14.7 Å². The number of para-hydroxylation sites is 1. The Bertz CT molecular complexity index is 1280. The third-order valence-electron chi connectivity index (χ3n) is 5.23. The molecule has 4 rings (SSSR count). The van der Waals surface area contributed by atoms with Crippen LogP contribution in [0, 0.1) is 6.92 Å². The number of halogens is 1. The van der Waals surface area contributed by atoms with Crippen molar-refractivity contribution in [2.24, 2.45) is 0 Å². The molecule has 4 aromatic rings. The number of nitrogens with zero attached hydrogens (tertiary/aromatic N) is 3. The smallest absolute Gasteiger partial charge is 0.257 e. The molecule has 0 saturated heterocycles. The van der Waals surface area contributed by atoms with E-state index in [2.05, 4.69) is 5.10 Å². The first-order chi connectivity index (χ1) is 15.3. The van der Waals surface area contributed by atoms with E-state index in [9.17, 15) is 15.0 Å². The van der Waals surface area contributed by atoms with Gasteiger partial charge in [0.05, 0.1) is 28.2 Å². The number of hydrogen-bond acceptors (Lipinski definition) is 4. The van der Waals surface area contributed by atoms with Crippen LogP contribution in [0.3, 0.4) is 0 Å². The molecular weight excluding hydrogens is 426 g/mol. The van der Waals surface area contributed by atoms with Gasteiger partial charge in [-0.15, -0.1) is 0 Å². The highest BCUT2D eigenvalue weighted by Crippen LogP contribution is 2.37. The van der Waals surface area contributed by atoms with E-state index in [0.29, 0.717) is 28.5 Å². The fraction of sp³-hybridized carbons (Fsp3) is 0.120. The van der Waals surface area contributed by atoms with Gasteiger partial charge in [0, 0.05) is 25.2 Å². The number of rotatable bonds is 5. The molecule has 0 unspecified atom stereocenters. The molecular formula is C25H22ClN3O3. The number of phenols is 2. The molecule has 3 aromatic carbocycles. The van der Waals surface area contributed by atoms with Gasteiger partial charge in [-0.2, -0.15) is 5.10 Å². The van der Waals surface area contributed by atoms with Crippen molar-refractivity contribution in [3.8, 4) is 28.4 Å². The van der Waals surface area contributed by atoms with Crippen LogP contribution in [-0.4, -0.2) is 37.8 Å². The molecule has 7 heteroatoms. The molecule has 1 amide bonds. The second-order valence-corrected chi connectivity index (χ2v) is 8.02. The molecule has 0 aliphatic carbocycles. The second kappa shape index (κ2) is 8.77. The van der Waals surface area contributed by atoms with Crippen LogP contribution >= 0.6 is 11.6 Å². The Balaban J connectivity index is 1.70. The average molecular weight is 448 g/mol. The summed E-state index contributed by atoms with van der Waals surface area (Å²) in [6.45, 7) is 2.38. The van der Waals surface area contributed by atoms with Crippen LogP contribution in [0.15, 0.2) is 72.9 Å². The first kappa shape index (κ1) is 21.5. The van der Waals surface area contributed by atoms with Gasteiger partial charge in [0.25, 0.3) is 5.91 Å². The topological polar surface area (TPSA) is 78.6 Å². The minimum absolute atomic E-state index is 0.0827. The van der Waals surface area contributed by atoms with Gasteiger partial charge < -0.3 is 15.1 Å². The average Bonchev–Trinajstić information content (AvgIpc) is 3.24. The Labute approximate surface area is 190 Å². The van der Waals surface area contributed by atoms with Crippen molar-refractivity contribution < 1.29 is 15.0 Å². The molecule has 0 atom stereocenters. The fourth-order valence-corrected chi connectivity index (χ4v) is 3.74. The Morgan fingerprint density at radius 3 is 2.47 bits per heavy atom. The number of phenolic OH excluding ortho intramolecular Hbond substituents is 2. The van der Waals surface area contributed by atoms with E-state index in [4.69, 9.17) is 11.6 Å². The number of carbonyl (C=O) groups excluding carboxylic acids is 1. The van der Waals surface area contributed by atoms with Crippen LogP contribution in [0.25, 0.3) is 16.9 Å². The van der Waals surface area contributed by atoms with Crippen molar-refractivity contribution in [3.05, 3.63) is 94.6 Å². The molecule has 162 valence electrons. The third kappa shape index (κ3) is 4.18. The van der Waals surface area contributed by atoms with E-state index in [0.717, 1.165) is 11.1 Å². The zero-order chi connectivity index (χ0) is 22.8. The first-order valence-electron chi connectivity index (χ1n) is 10.0. The standard InChI is InChI=1S/C25H22ClN3O3/c1-16-7-9-17(10-8-16)15-28(2)25(32)19-13-18(23(30)14-24(19)31)21-11-12-27-29(21)22-6-4-3-5-20(22)26/h3-14,30-31H,15H2,1-2H3. The van der Waals surface area contributed by atoms with Crippen LogP contribution in [0.2, 0.25) is 5.02 Å². The fourth-order valence-electron chi connectivity index (χ4n) is 3.52. The molecule has 0 bridgehead atoms. The van der Waals surface area contributed by atoms with Crippen LogP contribution in [0.5, 0.6) is 11.5 Å². The predicted octanol–water partition coefficient (Wildman–Crippen LogP) is 5.18. The summed E-state index contributed by atoms with van der Waals surface area (Å²) in [6, 6.07) is 19.4. The van der Waals surface area contributed by atoms with Crippen LogP contribution < -0.4 is 0 Å². The van der Waals surface area contributed by atoms with E-state index < -0.39 is 0 Å². The molecule has 0 spiro atoms. The molecule has 1 aromatic heterocycles. The Kier molecular flexibility index (Phi) is 5.88. The maximum absolute atomic E-state index is 13.1. The van der Waals surface area contributed by atoms with Crippen molar-refractivity contribution in [1.29, 1.82) is 0 Å². The van der Waals surface area contributed by atoms with Crippen molar-refractivity contribution in [2.45, 2.75) is 13.5 Å². The highest BCUT2D eigenvalue weighted by atomic mass is 35.5. The van der Waals surface area contributed by atoms with E-state index in [1.807, 2.05) is 43.3 Å². The number of hydrogen-bond donors (Lipinski definition) is 2. The first-order valence-corrected chi connectivity index (χ1v) is 10.4. The molecule has 0 radical (unpaired) electrons. The number of aryl methyl sites for hydroxylation is 1. The molecule has 6 nitrogen and oxygen atoms in total. The van der Waals surface area contributed by atoms with Gasteiger partial charge in [0.2, 0.25) is 0 Å². The second-order valence-electron chi connectivity index (χ2n) is 7.61. The minimum Gasteiger partial charge on any atom is -0.507 e. The lowest BCUT2D eigenvalue weighted by Crippen LogP contribution is -2.26. The van der Waals surface area contributed by atoms with Gasteiger partial charge in [0.1, 0.15) is 11.5 Å². The van der Waals surface area contributed by atoms with E-state index in [-0.39, 0.29) is 23.0 Å². The van der Waals surface area contributed by atoms with Gasteiger partial charge in [-0.25, -0.2) is 4.68 Å². The third-order valence-corrected chi connectivity index (χ3v) is 5.55. The lowest BCUT2D eigenvalue weighted by molar-refractivity contribution is 0.0782. The van der Waals surface area contributed by atoms with Gasteiger partial charge >= 0.3 is 0 Å². The molecule has 0 aliphatic heterocycles. The van der Waals surface area contributed by atoms with Gasteiger partial charge in [-0.1, -0.05) is 53.6 Å². The maximum atomic E-state index is 13.1. The summed E-state index contributed by atoms with van der Waals surface area (Å²) in [4.78, 5) is 14.6. The number of carbonyl (C=O) groups is 1. The highest BCUT2D eigenvalue weighted by molar-refractivity contribution is 6.32. The monoisotopic (exact) mass is 447 g/mol. The maximum Gasteiger partial charge on any atom is 0.257 e. The summed E-state index contributed by atoms with van der Waals surface area (Å²) in [5.74, 6) is -0.835. The molecule has 1 heterocycles. The summed E-state index contributed by atoms with van der Waals surface area (Å²) in [6.07, 6.45) is 1.58. The Morgan fingerprint density at radius 1 is 1.03 bits per heavy atom. The molecule has 32 heavy (non-hydrogen) atoms. The van der Waals surface area contributed by atoms with Crippen molar-refractivity contribution in [2.75, 3.05) is 7.05 Å². The van der Waals surface area contributed by atoms with Gasteiger partial charge in [-0.3, -0.25) is 4.79 Å². The molecule has 0 fully saturated rings. The summed E-state index contributed by atoms with van der Waals surface area (Å²) < 4.78 is 1.58. The van der Waals surface area contributed by atoms with E-state index in [1.165, 1.54) is 17.0 Å². The molecule has 0 saturated carbocycles. The number of aromatic hydroxyl groups is 2. The molecule has 0 aliphatic rings. The predicted molar refractivity (Wildman–Crippen MR) is 124 cm³/mol. The molecule has 2 N–H and O–H groups in total. The summed E-state index contributed by atoms with van der Waals surface area (Å²) in [5, 5.41) is 25.8. The lowest BCUT2D eigenvalue weighted by Gasteiger charge is -2.19. The quantitative estimate of drug-likeness (QED) is 0.441. The summed E-state index contributed by atoms with van der Waals surface area (Å²) in [5.41, 5.74) is 3.71. The van der Waals surface area contributed by atoms with E-state index in [1.54, 1.807) is 36.1 Å². The number of aromatic nitrogens is 2. The largest absolute Gasteiger partial charge is 0.507 e. The van der Waals surface area contributed by atoms with Crippen molar-refractivity contribution >= 4 is 17.5 Å². The summed E-state index contributed by atoms with van der Waals surface area (Å²) in [7, 11) is 1.67. The SMILES string of the molecule is Cc1ccc(CN(C)C(=O)c2cc(-c3ccnn3-c3ccccc3Cl)c(O)cc2O)cc1. The lowest BCUT2D eigenvalue weighted by atomic mass is 10.0. The van der Waals surface area contributed by atoms with Gasteiger partial charge in [0.15, 0.2) is 0 Å². The van der Waals surface area contributed by atoms with Crippen LogP contribution in [0.1, 0.15) is 21.5 Å². The van der Waals surface area contributed by atoms with E-state index >= 15 is 0 Å². The Morgan fingerprint density at radius 2 is 1.75 bits per heavy atom. The Hall–Kier alpha value is -3.77. The highest BCUT2D eigenvalue weighted by Gasteiger charge is 2.21. The zero-order valence-electron chi connectivity index (χ0n) is 17.7. The van der Waals surface area contributed by atoms with Crippen LogP contribution in [-0.2, 0) is 6.54 Å². The normalized spacial score (nSPS) is 10.8. The number of amides is 1.